The molecule has 0 unspecified atom stereocenters. The normalized spacial score (nSPS) is 10.7. The molecule has 0 spiro atoms. The van der Waals surface area contributed by atoms with Gasteiger partial charge in [0, 0.05) is 11.6 Å². The van der Waals surface area contributed by atoms with Gasteiger partial charge in [-0.15, -0.1) is 0 Å². The topological polar surface area (TPSA) is 106 Å². The van der Waals surface area contributed by atoms with Gasteiger partial charge < -0.3 is 0 Å². The van der Waals surface area contributed by atoms with Crippen LogP contribution >= 0.6 is 0 Å². The van der Waals surface area contributed by atoms with E-state index in [4.69, 9.17) is 0 Å². The molecular formula is C18H17N5O3. The third kappa shape index (κ3) is 3.30. The molecule has 0 aliphatic carbocycles. The highest BCUT2D eigenvalue weighted by Gasteiger charge is 2.18. The monoisotopic (exact) mass is 351 g/mol. The summed E-state index contributed by atoms with van der Waals surface area (Å²) in [5, 5.41) is 4.98. The van der Waals surface area contributed by atoms with E-state index in [0.29, 0.717) is 10.8 Å². The molecule has 0 aliphatic heterocycles. The van der Waals surface area contributed by atoms with Crippen molar-refractivity contribution in [3.63, 3.8) is 0 Å². The van der Waals surface area contributed by atoms with Gasteiger partial charge in [0.15, 0.2) is 5.69 Å². The summed E-state index contributed by atoms with van der Waals surface area (Å²) in [6.07, 6.45) is 1.48. The first kappa shape index (κ1) is 17.3. The van der Waals surface area contributed by atoms with Crippen LogP contribution in [-0.2, 0) is 0 Å². The maximum Gasteiger partial charge on any atom is 0.290 e. The van der Waals surface area contributed by atoms with Crippen molar-refractivity contribution in [2.45, 2.75) is 19.9 Å². The Hall–Kier alpha value is -3.55. The number of amides is 2. The van der Waals surface area contributed by atoms with Gasteiger partial charge in [-0.05, 0) is 32.0 Å². The van der Waals surface area contributed by atoms with Crippen molar-refractivity contribution in [3.8, 4) is 0 Å². The minimum absolute atomic E-state index is 0.0511. The van der Waals surface area contributed by atoms with Crippen molar-refractivity contribution in [1.82, 2.24) is 25.6 Å². The summed E-state index contributed by atoms with van der Waals surface area (Å²) in [6.45, 7) is 3.60. The molecule has 0 bridgehead atoms. The van der Waals surface area contributed by atoms with E-state index in [0.717, 1.165) is 0 Å². The van der Waals surface area contributed by atoms with Crippen molar-refractivity contribution in [3.05, 3.63) is 70.4 Å². The smallest absolute Gasteiger partial charge is 0.267 e. The van der Waals surface area contributed by atoms with Crippen molar-refractivity contribution < 1.29 is 9.59 Å². The summed E-state index contributed by atoms with van der Waals surface area (Å²) in [5.74, 6) is -1.18. The number of hydrogen-bond donors (Lipinski definition) is 2. The van der Waals surface area contributed by atoms with E-state index < -0.39 is 11.8 Å². The number of carbonyl (C=O) groups is 2. The maximum absolute atomic E-state index is 12.6. The Bertz CT molecular complexity index is 1030. The second-order valence-corrected chi connectivity index (χ2v) is 5.86. The Balaban J connectivity index is 1.92. The van der Waals surface area contributed by atoms with Gasteiger partial charge in [-0.1, -0.05) is 24.3 Å². The summed E-state index contributed by atoms with van der Waals surface area (Å²) in [4.78, 5) is 41.0. The molecule has 0 radical (unpaired) electrons. The van der Waals surface area contributed by atoms with E-state index in [1.807, 2.05) is 0 Å². The zero-order valence-corrected chi connectivity index (χ0v) is 14.3. The minimum Gasteiger partial charge on any atom is -0.267 e. The standard InChI is InChI=1S/C18H17N5O3/c1-11(2)23-18(26)13-8-4-3-7-12(13)15(22-23)17(25)21-20-16(24)14-9-5-6-10-19-14/h3-11H,1-2H3,(H,20,24)(H,21,25). The van der Waals surface area contributed by atoms with E-state index in [1.54, 1.807) is 50.2 Å². The molecule has 3 rings (SSSR count). The minimum atomic E-state index is -0.625. The van der Waals surface area contributed by atoms with Crippen molar-refractivity contribution in [1.29, 1.82) is 0 Å². The van der Waals surface area contributed by atoms with Gasteiger partial charge in [0.2, 0.25) is 0 Å². The lowest BCUT2D eigenvalue weighted by Crippen LogP contribution is -2.43. The van der Waals surface area contributed by atoms with Crippen molar-refractivity contribution >= 4 is 22.6 Å². The van der Waals surface area contributed by atoms with Crippen molar-refractivity contribution in [2.75, 3.05) is 0 Å². The lowest BCUT2D eigenvalue weighted by molar-refractivity contribution is 0.0841. The number of hydrogen-bond acceptors (Lipinski definition) is 5. The summed E-state index contributed by atoms with van der Waals surface area (Å²) in [6, 6.07) is 11.4. The zero-order chi connectivity index (χ0) is 18.7. The number of fused-ring (bicyclic) bond motifs is 1. The third-order valence-corrected chi connectivity index (χ3v) is 3.72. The number of rotatable bonds is 3. The Labute approximate surface area is 148 Å². The van der Waals surface area contributed by atoms with Crippen LogP contribution in [0, 0.1) is 0 Å². The van der Waals surface area contributed by atoms with Crippen LogP contribution in [0.1, 0.15) is 40.9 Å². The Kier molecular flexibility index (Phi) is 4.74. The van der Waals surface area contributed by atoms with Gasteiger partial charge in [0.05, 0.1) is 11.4 Å². The van der Waals surface area contributed by atoms with Crippen LogP contribution in [0.5, 0.6) is 0 Å². The van der Waals surface area contributed by atoms with Crippen molar-refractivity contribution in [2.24, 2.45) is 0 Å². The largest absolute Gasteiger partial charge is 0.290 e. The van der Waals surface area contributed by atoms with Crippen LogP contribution in [0.15, 0.2) is 53.5 Å². The molecule has 3 aromatic rings. The summed E-state index contributed by atoms with van der Waals surface area (Å²) < 4.78 is 1.25. The Morgan fingerprint density at radius 1 is 0.962 bits per heavy atom. The first-order valence-corrected chi connectivity index (χ1v) is 8.02. The molecule has 26 heavy (non-hydrogen) atoms. The fourth-order valence-electron chi connectivity index (χ4n) is 2.46. The van der Waals surface area contributed by atoms with Gasteiger partial charge >= 0.3 is 0 Å². The predicted octanol–water partition coefficient (Wildman–Crippen LogP) is 1.45. The van der Waals surface area contributed by atoms with E-state index in [2.05, 4.69) is 20.9 Å². The van der Waals surface area contributed by atoms with Gasteiger partial charge in [0.1, 0.15) is 5.69 Å². The SMILES string of the molecule is CC(C)n1nc(C(=O)NNC(=O)c2ccccn2)c2ccccc2c1=O. The van der Waals surface area contributed by atoms with Crippen LogP contribution in [0.2, 0.25) is 0 Å². The zero-order valence-electron chi connectivity index (χ0n) is 14.3. The molecule has 2 N–H and O–H groups in total. The van der Waals surface area contributed by atoms with Crippen LogP contribution < -0.4 is 16.4 Å². The molecule has 2 amide bonds. The molecular weight excluding hydrogens is 334 g/mol. The van der Waals surface area contributed by atoms with Crippen LogP contribution in [0.4, 0.5) is 0 Å². The second-order valence-electron chi connectivity index (χ2n) is 5.86. The summed E-state index contributed by atoms with van der Waals surface area (Å²) >= 11 is 0. The number of nitrogens with one attached hydrogen (secondary N) is 2. The van der Waals surface area contributed by atoms with E-state index in [1.165, 1.54) is 16.9 Å². The highest BCUT2D eigenvalue weighted by molar-refractivity contribution is 6.05. The lowest BCUT2D eigenvalue weighted by Gasteiger charge is -2.13. The van der Waals surface area contributed by atoms with E-state index >= 15 is 0 Å². The molecule has 1 aromatic carbocycles. The van der Waals surface area contributed by atoms with Crippen LogP contribution in [0.3, 0.4) is 0 Å². The third-order valence-electron chi connectivity index (χ3n) is 3.72. The number of pyridine rings is 1. The lowest BCUT2D eigenvalue weighted by atomic mass is 10.1. The van der Waals surface area contributed by atoms with Crippen LogP contribution in [0.25, 0.3) is 10.8 Å². The molecule has 2 heterocycles. The van der Waals surface area contributed by atoms with Gasteiger partial charge in [-0.25, -0.2) is 4.68 Å². The Morgan fingerprint density at radius 3 is 2.27 bits per heavy atom. The highest BCUT2D eigenvalue weighted by atomic mass is 16.2. The fraction of sp³-hybridized carbons (Fsp3) is 0.167. The highest BCUT2D eigenvalue weighted by Crippen LogP contribution is 2.14. The number of aromatic nitrogens is 3. The molecule has 0 aliphatic rings. The molecule has 2 aromatic heterocycles. The molecule has 0 saturated heterocycles. The maximum atomic E-state index is 12.6. The van der Waals surface area contributed by atoms with Gasteiger partial charge in [-0.3, -0.25) is 30.2 Å². The molecule has 0 saturated carbocycles. The average Bonchev–Trinajstić information content (AvgIpc) is 2.66. The first-order valence-electron chi connectivity index (χ1n) is 8.02. The number of hydrazine groups is 1. The van der Waals surface area contributed by atoms with Crippen LogP contribution in [-0.4, -0.2) is 26.6 Å². The van der Waals surface area contributed by atoms with E-state index in [-0.39, 0.29) is 23.0 Å². The summed E-state index contributed by atoms with van der Waals surface area (Å²) in [7, 11) is 0. The quantitative estimate of drug-likeness (QED) is 0.695. The van der Waals surface area contributed by atoms with Gasteiger partial charge in [0.25, 0.3) is 17.4 Å². The number of carbonyl (C=O) groups excluding carboxylic acids is 2. The molecule has 0 atom stereocenters. The summed E-state index contributed by atoms with van der Waals surface area (Å²) in [5.41, 5.74) is 4.56. The molecule has 0 fully saturated rings. The Morgan fingerprint density at radius 2 is 1.62 bits per heavy atom. The van der Waals surface area contributed by atoms with Gasteiger partial charge in [-0.2, -0.15) is 5.10 Å². The predicted molar refractivity (Wildman–Crippen MR) is 95.6 cm³/mol. The molecule has 8 nitrogen and oxygen atoms in total. The molecule has 8 heteroatoms. The average molecular weight is 351 g/mol. The van der Waals surface area contributed by atoms with E-state index in [9.17, 15) is 14.4 Å². The first-order chi connectivity index (χ1) is 12.5. The number of nitrogens with zero attached hydrogens (tertiary/aromatic N) is 3. The number of benzene rings is 1. The fourth-order valence-corrected chi connectivity index (χ4v) is 2.46. The molecule has 132 valence electrons. The second kappa shape index (κ2) is 7.14.